The highest BCUT2D eigenvalue weighted by atomic mass is 19.1. The SMILES string of the molecule is Cn1cc(Cc2cnn(CC3CC3)c2)c(-c2ccc(F)cc2CO)n1. The number of aliphatic hydroxyl groups excluding tert-OH is 1. The third-order valence-electron chi connectivity index (χ3n) is 4.62. The fourth-order valence-corrected chi connectivity index (χ4v) is 3.20. The van der Waals surface area contributed by atoms with Gasteiger partial charge < -0.3 is 5.11 Å². The summed E-state index contributed by atoms with van der Waals surface area (Å²) >= 11 is 0. The summed E-state index contributed by atoms with van der Waals surface area (Å²) in [7, 11) is 1.87. The third kappa shape index (κ3) is 3.49. The van der Waals surface area contributed by atoms with Crippen LogP contribution < -0.4 is 0 Å². The van der Waals surface area contributed by atoms with Crippen molar-refractivity contribution >= 4 is 0 Å². The van der Waals surface area contributed by atoms with Crippen LogP contribution in [-0.2, 0) is 26.6 Å². The number of hydrogen-bond donors (Lipinski definition) is 1. The number of aryl methyl sites for hydroxylation is 1. The zero-order chi connectivity index (χ0) is 17.4. The van der Waals surface area contributed by atoms with Gasteiger partial charge >= 0.3 is 0 Å². The summed E-state index contributed by atoms with van der Waals surface area (Å²) in [5.41, 5.74) is 4.26. The molecule has 1 N–H and O–H groups in total. The normalized spacial score (nSPS) is 14.2. The standard InChI is InChI=1S/C19H21FN4O/c1-23-11-15(6-14-8-21-24(10-14)9-13-2-3-13)19(22-23)18-5-4-17(20)7-16(18)12-25/h4-5,7-8,10-11,13,25H,2-3,6,9,12H2,1H3. The summed E-state index contributed by atoms with van der Waals surface area (Å²) in [6, 6.07) is 4.45. The Bertz CT molecular complexity index is 895. The summed E-state index contributed by atoms with van der Waals surface area (Å²) in [5, 5.41) is 18.6. The molecule has 1 aromatic carbocycles. The van der Waals surface area contributed by atoms with Crippen molar-refractivity contribution in [2.75, 3.05) is 0 Å². The highest BCUT2D eigenvalue weighted by molar-refractivity contribution is 5.67. The van der Waals surface area contributed by atoms with Crippen LogP contribution in [0.15, 0.2) is 36.8 Å². The molecule has 0 radical (unpaired) electrons. The van der Waals surface area contributed by atoms with E-state index in [-0.39, 0.29) is 12.4 Å². The fourth-order valence-electron chi connectivity index (χ4n) is 3.20. The Labute approximate surface area is 145 Å². The summed E-state index contributed by atoms with van der Waals surface area (Å²) in [6.07, 6.45) is 9.27. The number of aromatic nitrogens is 4. The molecular formula is C19H21FN4O. The van der Waals surface area contributed by atoms with E-state index in [1.165, 1.54) is 25.0 Å². The Balaban J connectivity index is 1.63. The Hall–Kier alpha value is -2.47. The van der Waals surface area contributed by atoms with Crippen molar-refractivity contribution in [3.8, 4) is 11.3 Å². The van der Waals surface area contributed by atoms with Crippen LogP contribution in [0.1, 0.15) is 29.5 Å². The predicted molar refractivity (Wildman–Crippen MR) is 92.3 cm³/mol. The molecule has 0 saturated heterocycles. The lowest BCUT2D eigenvalue weighted by molar-refractivity contribution is 0.281. The van der Waals surface area contributed by atoms with E-state index in [4.69, 9.17) is 0 Å². The Morgan fingerprint density at radius 2 is 2.08 bits per heavy atom. The average molecular weight is 340 g/mol. The van der Waals surface area contributed by atoms with Gasteiger partial charge in [-0.15, -0.1) is 0 Å². The molecule has 2 heterocycles. The minimum absolute atomic E-state index is 0.220. The van der Waals surface area contributed by atoms with E-state index in [1.807, 2.05) is 24.1 Å². The zero-order valence-electron chi connectivity index (χ0n) is 14.2. The molecule has 1 fully saturated rings. The Kier molecular flexibility index (Phi) is 4.13. The van der Waals surface area contributed by atoms with Gasteiger partial charge in [0, 0.05) is 43.5 Å². The number of nitrogens with zero attached hydrogens (tertiary/aromatic N) is 4. The Morgan fingerprint density at radius 1 is 1.24 bits per heavy atom. The minimum Gasteiger partial charge on any atom is -0.392 e. The topological polar surface area (TPSA) is 55.9 Å². The molecule has 3 aromatic rings. The second kappa shape index (κ2) is 6.44. The first-order valence-electron chi connectivity index (χ1n) is 8.56. The highest BCUT2D eigenvalue weighted by Crippen LogP contribution is 2.31. The number of rotatable bonds is 6. The quantitative estimate of drug-likeness (QED) is 0.751. The van der Waals surface area contributed by atoms with E-state index in [0.717, 1.165) is 34.8 Å². The second-order valence-corrected chi connectivity index (χ2v) is 6.83. The Morgan fingerprint density at radius 3 is 2.84 bits per heavy atom. The van der Waals surface area contributed by atoms with Crippen molar-refractivity contribution in [2.45, 2.75) is 32.4 Å². The third-order valence-corrected chi connectivity index (χ3v) is 4.62. The molecule has 1 aliphatic rings. The van der Waals surface area contributed by atoms with Gasteiger partial charge in [-0.2, -0.15) is 10.2 Å². The van der Waals surface area contributed by atoms with Gasteiger partial charge in [0.1, 0.15) is 5.82 Å². The average Bonchev–Trinajstić information content (AvgIpc) is 3.18. The molecular weight excluding hydrogens is 319 g/mol. The van der Waals surface area contributed by atoms with Gasteiger partial charge in [0.05, 0.1) is 18.5 Å². The molecule has 25 heavy (non-hydrogen) atoms. The molecule has 6 heteroatoms. The van der Waals surface area contributed by atoms with Crippen LogP contribution in [0.4, 0.5) is 4.39 Å². The van der Waals surface area contributed by atoms with Crippen LogP contribution in [0.2, 0.25) is 0 Å². The molecule has 4 rings (SSSR count). The van der Waals surface area contributed by atoms with Gasteiger partial charge in [0.25, 0.3) is 0 Å². The molecule has 130 valence electrons. The van der Waals surface area contributed by atoms with Crippen LogP contribution in [0.5, 0.6) is 0 Å². The van der Waals surface area contributed by atoms with Crippen molar-refractivity contribution in [3.63, 3.8) is 0 Å². The molecule has 1 aliphatic carbocycles. The smallest absolute Gasteiger partial charge is 0.123 e. The van der Waals surface area contributed by atoms with Crippen LogP contribution in [0.3, 0.4) is 0 Å². The van der Waals surface area contributed by atoms with Crippen LogP contribution in [0, 0.1) is 11.7 Å². The van der Waals surface area contributed by atoms with E-state index in [2.05, 4.69) is 16.4 Å². The largest absolute Gasteiger partial charge is 0.392 e. The van der Waals surface area contributed by atoms with E-state index >= 15 is 0 Å². The maximum atomic E-state index is 13.5. The number of benzene rings is 1. The molecule has 1 saturated carbocycles. The number of aliphatic hydroxyl groups is 1. The van der Waals surface area contributed by atoms with Crippen molar-refractivity contribution in [2.24, 2.45) is 13.0 Å². The maximum absolute atomic E-state index is 13.5. The van der Waals surface area contributed by atoms with Gasteiger partial charge in [-0.1, -0.05) is 0 Å². The summed E-state index contributed by atoms with van der Waals surface area (Å²) in [6.45, 7) is 0.773. The molecule has 5 nitrogen and oxygen atoms in total. The number of halogens is 1. The lowest BCUT2D eigenvalue weighted by Crippen LogP contribution is -1.99. The highest BCUT2D eigenvalue weighted by Gasteiger charge is 2.22. The van der Waals surface area contributed by atoms with Crippen LogP contribution in [0.25, 0.3) is 11.3 Å². The lowest BCUT2D eigenvalue weighted by atomic mass is 9.99. The molecule has 0 unspecified atom stereocenters. The van der Waals surface area contributed by atoms with E-state index in [0.29, 0.717) is 12.0 Å². The molecule has 0 aliphatic heterocycles. The molecule has 0 atom stereocenters. The molecule has 2 aromatic heterocycles. The first-order chi connectivity index (χ1) is 12.1. The van der Waals surface area contributed by atoms with Crippen molar-refractivity contribution in [1.29, 1.82) is 0 Å². The van der Waals surface area contributed by atoms with E-state index in [9.17, 15) is 9.50 Å². The first kappa shape index (κ1) is 16.0. The van der Waals surface area contributed by atoms with Gasteiger partial charge in [-0.25, -0.2) is 4.39 Å². The maximum Gasteiger partial charge on any atom is 0.123 e. The lowest BCUT2D eigenvalue weighted by Gasteiger charge is -2.07. The zero-order valence-corrected chi connectivity index (χ0v) is 14.2. The minimum atomic E-state index is -0.355. The molecule has 0 bridgehead atoms. The van der Waals surface area contributed by atoms with Crippen LogP contribution >= 0.6 is 0 Å². The van der Waals surface area contributed by atoms with Crippen molar-refractivity contribution in [1.82, 2.24) is 19.6 Å². The molecule has 0 spiro atoms. The summed E-state index contributed by atoms with van der Waals surface area (Å²) < 4.78 is 17.2. The van der Waals surface area contributed by atoms with Gasteiger partial charge in [0.15, 0.2) is 0 Å². The van der Waals surface area contributed by atoms with Gasteiger partial charge in [-0.05, 0) is 48.1 Å². The van der Waals surface area contributed by atoms with Crippen LogP contribution in [-0.4, -0.2) is 24.7 Å². The second-order valence-electron chi connectivity index (χ2n) is 6.83. The van der Waals surface area contributed by atoms with Gasteiger partial charge in [-0.3, -0.25) is 9.36 Å². The van der Waals surface area contributed by atoms with Crippen molar-refractivity contribution < 1.29 is 9.50 Å². The molecule has 0 amide bonds. The summed E-state index contributed by atoms with van der Waals surface area (Å²) in [5.74, 6) is 0.430. The monoisotopic (exact) mass is 340 g/mol. The predicted octanol–water partition coefficient (Wildman–Crippen LogP) is 2.92. The van der Waals surface area contributed by atoms with Gasteiger partial charge in [0.2, 0.25) is 0 Å². The van der Waals surface area contributed by atoms with E-state index < -0.39 is 0 Å². The fraction of sp³-hybridized carbons (Fsp3) is 0.368. The van der Waals surface area contributed by atoms with Crippen molar-refractivity contribution in [3.05, 3.63) is 59.3 Å². The van der Waals surface area contributed by atoms with E-state index in [1.54, 1.807) is 10.7 Å². The number of hydrogen-bond acceptors (Lipinski definition) is 3. The summed E-state index contributed by atoms with van der Waals surface area (Å²) in [4.78, 5) is 0. The first-order valence-corrected chi connectivity index (χ1v) is 8.56.